The van der Waals surface area contributed by atoms with Crippen molar-refractivity contribution in [2.75, 3.05) is 27.2 Å². The molecule has 3 aromatic rings. The van der Waals surface area contributed by atoms with Gasteiger partial charge in [0.15, 0.2) is 0 Å². The van der Waals surface area contributed by atoms with Crippen molar-refractivity contribution in [3.63, 3.8) is 0 Å². The number of likely N-dealkylation sites (tertiary alicyclic amines) is 1. The lowest BCUT2D eigenvalue weighted by Crippen LogP contribution is -2.29. The van der Waals surface area contributed by atoms with Crippen LogP contribution in [0.1, 0.15) is 48.4 Å². The van der Waals surface area contributed by atoms with E-state index in [1.807, 2.05) is 0 Å². The zero-order chi connectivity index (χ0) is 19.0. The van der Waals surface area contributed by atoms with E-state index < -0.39 is 0 Å². The summed E-state index contributed by atoms with van der Waals surface area (Å²) in [5.74, 6) is 1.58. The Labute approximate surface area is 162 Å². The first-order valence-corrected chi connectivity index (χ1v) is 10.0. The lowest BCUT2D eigenvalue weighted by Gasteiger charge is -2.28. The fraction of sp³-hybridized carbons (Fsp3) is 0.417. The van der Waals surface area contributed by atoms with Crippen molar-refractivity contribution in [1.82, 2.24) is 9.47 Å². The summed E-state index contributed by atoms with van der Waals surface area (Å²) in [6.45, 7) is 6.86. The van der Waals surface area contributed by atoms with Crippen molar-refractivity contribution in [3.05, 3.63) is 65.4 Å². The summed E-state index contributed by atoms with van der Waals surface area (Å²) in [5, 5.41) is 1.36. The molecular weight excluding hydrogens is 332 g/mol. The SMILES string of the molecule is COc1cc(C)c2c(c1)c(C1CCN(C)CC1)cn2C(C)c1ccccc1. The van der Waals surface area contributed by atoms with Gasteiger partial charge >= 0.3 is 0 Å². The highest BCUT2D eigenvalue weighted by molar-refractivity contribution is 5.89. The molecule has 0 amide bonds. The molecule has 0 bridgehead atoms. The van der Waals surface area contributed by atoms with Gasteiger partial charge in [-0.05, 0) is 81.6 Å². The smallest absolute Gasteiger partial charge is 0.119 e. The molecule has 0 radical (unpaired) electrons. The van der Waals surface area contributed by atoms with Crippen molar-refractivity contribution < 1.29 is 4.74 Å². The van der Waals surface area contributed by atoms with E-state index in [0.717, 1.165) is 5.75 Å². The van der Waals surface area contributed by atoms with E-state index in [0.29, 0.717) is 12.0 Å². The third kappa shape index (κ3) is 3.37. The van der Waals surface area contributed by atoms with E-state index in [1.165, 1.54) is 53.5 Å². The number of piperidine rings is 1. The lowest BCUT2D eigenvalue weighted by molar-refractivity contribution is 0.256. The second-order valence-corrected chi connectivity index (χ2v) is 8.00. The molecular formula is C24H30N2O. The molecule has 1 fully saturated rings. The first-order chi connectivity index (χ1) is 13.1. The van der Waals surface area contributed by atoms with Gasteiger partial charge in [0.25, 0.3) is 0 Å². The second kappa shape index (κ2) is 7.40. The second-order valence-electron chi connectivity index (χ2n) is 8.00. The van der Waals surface area contributed by atoms with Gasteiger partial charge in [0.2, 0.25) is 0 Å². The molecule has 27 heavy (non-hydrogen) atoms. The van der Waals surface area contributed by atoms with E-state index in [4.69, 9.17) is 4.74 Å². The Hall–Kier alpha value is -2.26. The van der Waals surface area contributed by atoms with Crippen LogP contribution in [0.15, 0.2) is 48.7 Å². The summed E-state index contributed by atoms with van der Waals surface area (Å²) in [4.78, 5) is 2.44. The van der Waals surface area contributed by atoms with Crippen LogP contribution in [0, 0.1) is 6.92 Å². The number of fused-ring (bicyclic) bond motifs is 1. The number of hydrogen-bond donors (Lipinski definition) is 0. The molecule has 0 N–H and O–H groups in total. The van der Waals surface area contributed by atoms with Crippen molar-refractivity contribution in [2.45, 2.75) is 38.6 Å². The molecule has 3 heteroatoms. The standard InChI is InChI=1S/C24H30N2O/c1-17-14-21(27-4)15-22-23(20-10-12-25(3)13-11-20)16-26(24(17)22)18(2)19-8-6-5-7-9-19/h5-9,14-16,18,20H,10-13H2,1-4H3. The lowest BCUT2D eigenvalue weighted by atomic mass is 9.89. The highest BCUT2D eigenvalue weighted by atomic mass is 16.5. The third-order valence-electron chi connectivity index (χ3n) is 6.21. The van der Waals surface area contributed by atoms with Gasteiger partial charge in [-0.25, -0.2) is 0 Å². The van der Waals surface area contributed by atoms with Crippen LogP contribution < -0.4 is 4.74 Å². The molecule has 1 aromatic heterocycles. The Morgan fingerprint density at radius 3 is 2.44 bits per heavy atom. The van der Waals surface area contributed by atoms with E-state index in [2.05, 4.69) is 79.0 Å². The summed E-state index contributed by atoms with van der Waals surface area (Å²) in [6.07, 6.45) is 4.88. The number of benzene rings is 2. The number of rotatable bonds is 4. The van der Waals surface area contributed by atoms with Gasteiger partial charge in [-0.1, -0.05) is 30.3 Å². The van der Waals surface area contributed by atoms with Crippen molar-refractivity contribution in [2.24, 2.45) is 0 Å². The molecule has 1 saturated heterocycles. The number of aromatic nitrogens is 1. The van der Waals surface area contributed by atoms with Crippen LogP contribution in [0.4, 0.5) is 0 Å². The van der Waals surface area contributed by atoms with Crippen molar-refractivity contribution in [1.29, 1.82) is 0 Å². The number of nitrogens with zero attached hydrogens (tertiary/aromatic N) is 2. The van der Waals surface area contributed by atoms with Crippen LogP contribution in [0.5, 0.6) is 5.75 Å². The minimum Gasteiger partial charge on any atom is -0.497 e. The highest BCUT2D eigenvalue weighted by Crippen LogP contribution is 2.39. The summed E-state index contributed by atoms with van der Waals surface area (Å²) >= 11 is 0. The highest BCUT2D eigenvalue weighted by Gasteiger charge is 2.25. The molecule has 1 atom stereocenters. The molecule has 0 saturated carbocycles. The minimum atomic E-state index is 0.306. The predicted octanol–water partition coefficient (Wildman–Crippen LogP) is 5.38. The zero-order valence-corrected chi connectivity index (χ0v) is 16.9. The fourth-order valence-corrected chi connectivity index (χ4v) is 4.55. The molecule has 1 aliphatic rings. The Morgan fingerprint density at radius 2 is 1.78 bits per heavy atom. The van der Waals surface area contributed by atoms with E-state index in [1.54, 1.807) is 7.11 Å². The molecule has 2 heterocycles. The summed E-state index contributed by atoms with van der Waals surface area (Å²) in [7, 11) is 3.99. The molecule has 0 spiro atoms. The van der Waals surface area contributed by atoms with Crippen LogP contribution >= 0.6 is 0 Å². The number of hydrogen-bond acceptors (Lipinski definition) is 2. The van der Waals surface area contributed by atoms with Crippen LogP contribution in [-0.2, 0) is 0 Å². The first-order valence-electron chi connectivity index (χ1n) is 10.0. The zero-order valence-electron chi connectivity index (χ0n) is 16.9. The molecule has 1 unspecified atom stereocenters. The Balaban J connectivity index is 1.86. The average molecular weight is 363 g/mol. The van der Waals surface area contributed by atoms with E-state index >= 15 is 0 Å². The van der Waals surface area contributed by atoms with Crippen LogP contribution in [0.2, 0.25) is 0 Å². The van der Waals surface area contributed by atoms with Crippen LogP contribution in [-0.4, -0.2) is 36.7 Å². The number of aryl methyl sites for hydroxylation is 1. The van der Waals surface area contributed by atoms with Gasteiger partial charge in [0.1, 0.15) is 5.75 Å². The number of ether oxygens (including phenoxy) is 1. The van der Waals surface area contributed by atoms with Gasteiger partial charge in [-0.2, -0.15) is 0 Å². The quantitative estimate of drug-likeness (QED) is 0.620. The van der Waals surface area contributed by atoms with Crippen molar-refractivity contribution >= 4 is 10.9 Å². The monoisotopic (exact) mass is 362 g/mol. The molecule has 0 aliphatic carbocycles. The summed E-state index contributed by atoms with van der Waals surface area (Å²) in [6, 6.07) is 15.5. The molecule has 2 aromatic carbocycles. The maximum atomic E-state index is 5.60. The maximum Gasteiger partial charge on any atom is 0.119 e. The van der Waals surface area contributed by atoms with Gasteiger partial charge in [0.05, 0.1) is 18.7 Å². The average Bonchev–Trinajstić information content (AvgIpc) is 3.08. The van der Waals surface area contributed by atoms with Crippen LogP contribution in [0.25, 0.3) is 10.9 Å². The summed E-state index contributed by atoms with van der Waals surface area (Å²) in [5.41, 5.74) is 5.47. The molecule has 3 nitrogen and oxygen atoms in total. The molecule has 4 rings (SSSR count). The fourth-order valence-electron chi connectivity index (χ4n) is 4.55. The maximum absolute atomic E-state index is 5.60. The van der Waals surface area contributed by atoms with Gasteiger partial charge in [-0.3, -0.25) is 0 Å². The van der Waals surface area contributed by atoms with Crippen LogP contribution in [0.3, 0.4) is 0 Å². The van der Waals surface area contributed by atoms with Crippen molar-refractivity contribution in [3.8, 4) is 5.75 Å². The minimum absolute atomic E-state index is 0.306. The molecule has 142 valence electrons. The first kappa shape index (κ1) is 18.1. The predicted molar refractivity (Wildman–Crippen MR) is 113 cm³/mol. The number of methoxy groups -OCH3 is 1. The topological polar surface area (TPSA) is 17.4 Å². The summed E-state index contributed by atoms with van der Waals surface area (Å²) < 4.78 is 8.08. The van der Waals surface area contributed by atoms with E-state index in [9.17, 15) is 0 Å². The Kier molecular flexibility index (Phi) is 4.96. The third-order valence-corrected chi connectivity index (χ3v) is 6.21. The molecule has 1 aliphatic heterocycles. The van der Waals surface area contributed by atoms with Gasteiger partial charge < -0.3 is 14.2 Å². The largest absolute Gasteiger partial charge is 0.497 e. The Morgan fingerprint density at radius 1 is 1.07 bits per heavy atom. The van der Waals surface area contributed by atoms with Gasteiger partial charge in [-0.15, -0.1) is 0 Å². The normalized spacial score (nSPS) is 17.3. The van der Waals surface area contributed by atoms with Gasteiger partial charge in [0, 0.05) is 11.6 Å². The van der Waals surface area contributed by atoms with E-state index in [-0.39, 0.29) is 0 Å². The Bertz CT molecular complexity index is 920.